The molecule has 0 unspecified atom stereocenters. The highest BCUT2D eigenvalue weighted by atomic mass is 15.0. The molecule has 0 saturated heterocycles. The molecule has 0 bridgehead atoms. The molecule has 7 aromatic carbocycles. The molecule has 0 saturated carbocycles. The molecule has 0 aliphatic rings. The zero-order valence-electron chi connectivity index (χ0n) is 52.6. The first-order chi connectivity index (χ1) is 43.9. The summed E-state index contributed by atoms with van der Waals surface area (Å²) in [6, 6.07) is 60.3. The summed E-state index contributed by atoms with van der Waals surface area (Å²) in [6.45, 7) is 10.7. The fourth-order valence-electron chi connectivity index (χ4n) is 11.5. The number of hydrogen-bond acceptors (Lipinski definition) is 8. The van der Waals surface area contributed by atoms with E-state index in [0.717, 1.165) is 50.7 Å². The van der Waals surface area contributed by atoms with Crippen molar-refractivity contribution in [3.63, 3.8) is 0 Å². The Balaban J connectivity index is 0.000000116. The van der Waals surface area contributed by atoms with E-state index >= 15 is 0 Å². The fourth-order valence-corrected chi connectivity index (χ4v) is 11.5. The van der Waals surface area contributed by atoms with Crippen molar-refractivity contribution in [2.24, 2.45) is 35.2 Å². The van der Waals surface area contributed by atoms with E-state index in [-0.39, 0.29) is 0 Å². The Morgan fingerprint density at radius 2 is 0.678 bits per heavy atom. The van der Waals surface area contributed by atoms with Gasteiger partial charge in [0.1, 0.15) is 42.4 Å². The first-order valence-corrected chi connectivity index (χ1v) is 29.9. The van der Waals surface area contributed by atoms with Gasteiger partial charge in [0.2, 0.25) is 0 Å². The largest absolute Gasteiger partial charge is 0.348 e. The highest BCUT2D eigenvalue weighted by Gasteiger charge is 2.20. The van der Waals surface area contributed by atoms with E-state index in [9.17, 15) is 0 Å². The van der Waals surface area contributed by atoms with Gasteiger partial charge in [-0.25, -0.2) is 27.8 Å². The predicted octanol–water partition coefficient (Wildman–Crippen LogP) is 13.4. The van der Waals surface area contributed by atoms with Crippen LogP contribution >= 0.6 is 0 Å². The third kappa shape index (κ3) is 13.0. The van der Waals surface area contributed by atoms with Crippen molar-refractivity contribution in [3.05, 3.63) is 285 Å². The zero-order valence-corrected chi connectivity index (χ0v) is 52.6. The van der Waals surface area contributed by atoms with Crippen molar-refractivity contribution in [1.29, 1.82) is 0 Å². The molecule has 8 aromatic heterocycles. The van der Waals surface area contributed by atoms with E-state index in [2.05, 4.69) is 205 Å². The minimum Gasteiger partial charge on any atom is -0.256 e. The Bertz CT molecular complexity index is 4330. The molecule has 440 valence electrons. The Morgan fingerprint density at radius 3 is 1.21 bits per heavy atom. The number of aromatic nitrogens is 13. The molecule has 13 nitrogen and oxygen atoms in total. The van der Waals surface area contributed by atoms with Crippen molar-refractivity contribution in [2.75, 3.05) is 0 Å². The lowest BCUT2D eigenvalue weighted by Crippen LogP contribution is -2.31. The van der Waals surface area contributed by atoms with Crippen LogP contribution in [-0.4, -0.2) is 39.9 Å². The van der Waals surface area contributed by atoms with Gasteiger partial charge >= 0.3 is 17.5 Å². The van der Waals surface area contributed by atoms with Crippen LogP contribution in [0, 0.1) is 34.6 Å². The smallest absolute Gasteiger partial charge is 0.256 e. The number of rotatable bonds is 5. The number of pyridine rings is 3. The molecule has 0 fully saturated rings. The van der Waals surface area contributed by atoms with Gasteiger partial charge in [0.15, 0.2) is 5.69 Å². The monoisotopic (exact) mass is 1180 g/mol. The Kier molecular flexibility index (Phi) is 18.5. The van der Waals surface area contributed by atoms with Crippen molar-refractivity contribution < 1.29 is 22.8 Å². The van der Waals surface area contributed by atoms with E-state index in [1.807, 2.05) is 178 Å². The SMILES string of the molecule is Cc1c(-c2ccnc[n+]2C)ccc2ccccc12.Cc1c(-c2ccnc[n+]2C)ccc2ccccc12.Cc1c(-c2nccc[n+]2C)ccc2ncccc12.Cc1c(-c2nccc[n+]2C)cnc2ccccc12.Cc1c(-c2nccc[n+]2C)ncc2ccccc12. The lowest BCUT2D eigenvalue weighted by molar-refractivity contribution is -0.663. The van der Waals surface area contributed by atoms with Gasteiger partial charge in [-0.1, -0.05) is 119 Å². The van der Waals surface area contributed by atoms with Crippen LogP contribution in [0.15, 0.2) is 257 Å². The van der Waals surface area contributed by atoms with E-state index < -0.39 is 0 Å². The molecule has 0 aliphatic heterocycles. The fraction of sp³-hybridized carbons (Fsp3) is 0.130. The van der Waals surface area contributed by atoms with E-state index in [1.165, 1.54) is 88.0 Å². The minimum atomic E-state index is 0.890. The van der Waals surface area contributed by atoms with Crippen LogP contribution in [0.25, 0.3) is 111 Å². The molecular formula is C77H72N13+5. The molecule has 0 aliphatic carbocycles. The van der Waals surface area contributed by atoms with Crippen molar-refractivity contribution in [1.82, 2.24) is 39.9 Å². The van der Waals surface area contributed by atoms with Crippen molar-refractivity contribution in [2.45, 2.75) is 34.6 Å². The molecule has 90 heavy (non-hydrogen) atoms. The van der Waals surface area contributed by atoms with Gasteiger partial charge in [-0.15, -0.1) is 0 Å². The standard InChI is InChI=1S/2C16H15N2.3C15H14N3/c2*1-12-14-6-4-3-5-13(14)7-8-15(12)16-9-10-17-11-18(16)2;1-11-12-5-3-8-16-14(12)7-6-13(11)15-17-9-4-10-18(15)2;1-11-12-6-3-4-7-14(12)17-10-13(11)15-16-8-5-9-18(15)2;1-11-13-7-4-3-6-12(13)10-17-14(11)15-16-8-5-9-18(15)2/h2*3-11H,1-2H3;3*3-10H,1-2H3/q5*+1. The zero-order chi connectivity index (χ0) is 62.7. The summed E-state index contributed by atoms with van der Waals surface area (Å²) in [5.41, 5.74) is 16.4. The Hall–Kier alpha value is -11.3. The molecule has 0 radical (unpaired) electrons. The lowest BCUT2D eigenvalue weighted by atomic mass is 9.98. The number of hydrogen-bond donors (Lipinski definition) is 0. The Morgan fingerprint density at radius 1 is 0.267 bits per heavy atom. The topological polar surface area (TPSA) is 123 Å². The number of aryl methyl sites for hydroxylation is 10. The highest BCUT2D eigenvalue weighted by Crippen LogP contribution is 2.31. The summed E-state index contributed by atoms with van der Waals surface area (Å²) in [5, 5.41) is 9.95. The molecule has 0 atom stereocenters. The average molecular weight is 1180 g/mol. The first kappa shape index (κ1) is 60.4. The number of benzene rings is 7. The Labute approximate surface area is 525 Å². The molecule has 8 heterocycles. The molecule has 15 aromatic rings. The number of para-hydroxylation sites is 1. The molecular weight excluding hydrogens is 1110 g/mol. The van der Waals surface area contributed by atoms with Crippen LogP contribution in [0.1, 0.15) is 27.8 Å². The third-order valence-corrected chi connectivity index (χ3v) is 16.5. The third-order valence-electron chi connectivity index (χ3n) is 16.5. The average Bonchev–Trinajstić information content (AvgIpc) is 1.24. The van der Waals surface area contributed by atoms with Gasteiger partial charge in [-0.3, -0.25) is 9.97 Å². The highest BCUT2D eigenvalue weighted by molar-refractivity contribution is 5.93. The van der Waals surface area contributed by atoms with Gasteiger partial charge in [-0.05, 0) is 141 Å². The summed E-state index contributed by atoms with van der Waals surface area (Å²) in [6.07, 6.45) is 24.4. The molecule has 0 amide bonds. The maximum atomic E-state index is 4.55. The van der Waals surface area contributed by atoms with Gasteiger partial charge < -0.3 is 0 Å². The van der Waals surface area contributed by atoms with Crippen LogP contribution in [0.3, 0.4) is 0 Å². The first-order valence-electron chi connectivity index (χ1n) is 29.9. The van der Waals surface area contributed by atoms with Crippen molar-refractivity contribution >= 4 is 54.1 Å². The van der Waals surface area contributed by atoms with E-state index in [4.69, 9.17) is 0 Å². The predicted molar refractivity (Wildman–Crippen MR) is 359 cm³/mol. The second-order valence-electron chi connectivity index (χ2n) is 22.2. The van der Waals surface area contributed by atoms with Crippen LogP contribution in [0.5, 0.6) is 0 Å². The van der Waals surface area contributed by atoms with E-state index in [0.29, 0.717) is 0 Å². The van der Waals surface area contributed by atoms with Gasteiger partial charge in [-0.2, -0.15) is 0 Å². The van der Waals surface area contributed by atoms with Crippen LogP contribution in [0.2, 0.25) is 0 Å². The summed E-state index contributed by atoms with van der Waals surface area (Å²) in [5.74, 6) is 2.80. The van der Waals surface area contributed by atoms with Crippen LogP contribution < -0.4 is 22.8 Å². The molecule has 13 heteroatoms. The summed E-state index contributed by atoms with van der Waals surface area (Å²) < 4.78 is 10.1. The molecule has 0 N–H and O–H groups in total. The van der Waals surface area contributed by atoms with Gasteiger partial charge in [0, 0.05) is 76.2 Å². The van der Waals surface area contributed by atoms with Crippen molar-refractivity contribution in [3.8, 4) is 56.8 Å². The summed E-state index contributed by atoms with van der Waals surface area (Å²) in [4.78, 5) is 35.0. The van der Waals surface area contributed by atoms with Crippen LogP contribution in [-0.2, 0) is 35.2 Å². The summed E-state index contributed by atoms with van der Waals surface area (Å²) >= 11 is 0. The van der Waals surface area contributed by atoms with Gasteiger partial charge in [0.25, 0.3) is 12.7 Å². The maximum Gasteiger partial charge on any atom is 0.348 e. The quantitative estimate of drug-likeness (QED) is 0.156. The molecule has 0 spiro atoms. The minimum absolute atomic E-state index is 0.890. The lowest BCUT2D eigenvalue weighted by Gasteiger charge is -2.09. The van der Waals surface area contributed by atoms with E-state index in [1.54, 1.807) is 6.20 Å². The van der Waals surface area contributed by atoms with Gasteiger partial charge in [0.05, 0.1) is 76.0 Å². The van der Waals surface area contributed by atoms with Crippen LogP contribution in [0.4, 0.5) is 0 Å². The summed E-state index contributed by atoms with van der Waals surface area (Å²) in [7, 11) is 10.0. The second-order valence-corrected chi connectivity index (χ2v) is 22.2. The number of nitrogens with zero attached hydrogens (tertiary/aromatic N) is 13. The normalized spacial score (nSPS) is 10.8. The number of fused-ring (bicyclic) bond motifs is 5. The molecule has 15 rings (SSSR count). The second kappa shape index (κ2) is 27.6. The maximum absolute atomic E-state index is 4.55.